The van der Waals surface area contributed by atoms with Crippen molar-refractivity contribution < 1.29 is 0 Å². The fourth-order valence-corrected chi connectivity index (χ4v) is 2.47. The van der Waals surface area contributed by atoms with Crippen LogP contribution in [0.4, 0.5) is 0 Å². The van der Waals surface area contributed by atoms with Crippen molar-refractivity contribution in [1.82, 2.24) is 10.3 Å². The smallest absolute Gasteiger partial charge is 0.0458 e. The summed E-state index contributed by atoms with van der Waals surface area (Å²) in [5, 5.41) is 4.86. The first-order chi connectivity index (χ1) is 8.68. The third kappa shape index (κ3) is 3.14. The second-order valence-corrected chi connectivity index (χ2v) is 5.34. The Labute approximate surface area is 110 Å². The topological polar surface area (TPSA) is 27.8 Å². The van der Waals surface area contributed by atoms with E-state index < -0.39 is 0 Å². The van der Waals surface area contributed by atoms with Gasteiger partial charge >= 0.3 is 0 Å². The van der Waals surface area contributed by atoms with E-state index >= 15 is 0 Å². The summed E-state index contributed by atoms with van der Waals surface area (Å²) < 4.78 is 0. The molecule has 1 heterocycles. The normalized spacial score (nSPS) is 11.6. The Morgan fingerprint density at radius 3 is 2.72 bits per heavy atom. The molecule has 0 fully saturated rings. The highest BCUT2D eigenvalue weighted by Gasteiger charge is 2.06. The number of rotatable bonds is 6. The Bertz CT molecular complexity index is 497. The van der Waals surface area contributed by atoms with Gasteiger partial charge in [0.1, 0.15) is 0 Å². The van der Waals surface area contributed by atoms with Crippen molar-refractivity contribution in [2.24, 2.45) is 0 Å². The summed E-state index contributed by atoms with van der Waals surface area (Å²) in [6.45, 7) is 7.70. The standard InChI is InChI=1S/C16H24N2/c1-12(2)17-11-7-6-8-14-13(3)18-16-10-5-4-9-15(14)16/h4-5,9-10,12,17-18H,6-8,11H2,1-3H3. The van der Waals surface area contributed by atoms with Crippen molar-refractivity contribution in [3.05, 3.63) is 35.5 Å². The number of nitrogens with one attached hydrogen (secondary N) is 2. The summed E-state index contributed by atoms with van der Waals surface area (Å²) in [4.78, 5) is 3.47. The zero-order chi connectivity index (χ0) is 13.0. The molecule has 0 aliphatic rings. The molecular weight excluding hydrogens is 220 g/mol. The third-order valence-corrected chi connectivity index (χ3v) is 3.43. The number of aromatic amines is 1. The molecule has 2 heteroatoms. The molecule has 0 radical (unpaired) electrons. The van der Waals surface area contributed by atoms with Gasteiger partial charge in [-0.15, -0.1) is 0 Å². The molecule has 98 valence electrons. The van der Waals surface area contributed by atoms with Gasteiger partial charge in [0, 0.05) is 22.6 Å². The van der Waals surface area contributed by atoms with Crippen LogP contribution in [0.2, 0.25) is 0 Å². The molecule has 2 N–H and O–H groups in total. The van der Waals surface area contributed by atoms with Gasteiger partial charge in [-0.05, 0) is 44.4 Å². The van der Waals surface area contributed by atoms with E-state index in [2.05, 4.69) is 55.3 Å². The molecule has 0 saturated heterocycles. The number of H-pyrrole nitrogens is 1. The van der Waals surface area contributed by atoms with E-state index in [1.807, 2.05) is 0 Å². The molecule has 1 aromatic carbocycles. The van der Waals surface area contributed by atoms with Gasteiger partial charge < -0.3 is 10.3 Å². The number of benzene rings is 1. The molecule has 18 heavy (non-hydrogen) atoms. The maximum absolute atomic E-state index is 3.47. The van der Waals surface area contributed by atoms with Crippen LogP contribution in [-0.2, 0) is 6.42 Å². The minimum Gasteiger partial charge on any atom is -0.358 e. The van der Waals surface area contributed by atoms with Crippen LogP contribution in [0, 0.1) is 6.92 Å². The minimum atomic E-state index is 0.597. The number of unbranched alkanes of at least 4 members (excludes halogenated alkanes) is 1. The van der Waals surface area contributed by atoms with Crippen LogP contribution >= 0.6 is 0 Å². The maximum atomic E-state index is 3.47. The summed E-state index contributed by atoms with van der Waals surface area (Å²) in [7, 11) is 0. The van der Waals surface area contributed by atoms with Crippen molar-refractivity contribution in [3.8, 4) is 0 Å². The van der Waals surface area contributed by atoms with Crippen LogP contribution in [0.1, 0.15) is 37.9 Å². The first kappa shape index (κ1) is 13.2. The van der Waals surface area contributed by atoms with Gasteiger partial charge in [-0.25, -0.2) is 0 Å². The van der Waals surface area contributed by atoms with Crippen LogP contribution in [-0.4, -0.2) is 17.6 Å². The third-order valence-electron chi connectivity index (χ3n) is 3.43. The van der Waals surface area contributed by atoms with E-state index in [-0.39, 0.29) is 0 Å². The maximum Gasteiger partial charge on any atom is 0.0458 e. The molecule has 2 aromatic rings. The molecule has 1 aromatic heterocycles. The molecule has 0 bridgehead atoms. The predicted octanol–water partition coefficient (Wildman–Crippen LogP) is 3.80. The average Bonchev–Trinajstić information content (AvgIpc) is 2.65. The number of fused-ring (bicyclic) bond motifs is 1. The lowest BCUT2D eigenvalue weighted by Gasteiger charge is -2.07. The summed E-state index contributed by atoms with van der Waals surface area (Å²) in [5.41, 5.74) is 4.09. The molecule has 0 spiro atoms. The number of para-hydroxylation sites is 1. The van der Waals surface area contributed by atoms with Crippen molar-refractivity contribution in [2.45, 2.75) is 46.1 Å². The Morgan fingerprint density at radius 1 is 1.17 bits per heavy atom. The fraction of sp³-hybridized carbons (Fsp3) is 0.500. The van der Waals surface area contributed by atoms with E-state index in [0.717, 1.165) is 6.54 Å². The zero-order valence-electron chi connectivity index (χ0n) is 11.7. The highest BCUT2D eigenvalue weighted by atomic mass is 14.9. The highest BCUT2D eigenvalue weighted by Crippen LogP contribution is 2.23. The van der Waals surface area contributed by atoms with Crippen LogP contribution in [0.3, 0.4) is 0 Å². The summed E-state index contributed by atoms with van der Waals surface area (Å²) in [6, 6.07) is 9.20. The Kier molecular flexibility index (Phi) is 4.43. The lowest BCUT2D eigenvalue weighted by molar-refractivity contribution is 0.557. The molecule has 2 nitrogen and oxygen atoms in total. The van der Waals surface area contributed by atoms with Crippen LogP contribution in [0.25, 0.3) is 10.9 Å². The Balaban J connectivity index is 1.93. The van der Waals surface area contributed by atoms with Gasteiger partial charge in [-0.1, -0.05) is 32.0 Å². The highest BCUT2D eigenvalue weighted by molar-refractivity contribution is 5.84. The van der Waals surface area contributed by atoms with E-state index in [9.17, 15) is 0 Å². The molecule has 2 rings (SSSR count). The van der Waals surface area contributed by atoms with Gasteiger partial charge in [-0.2, -0.15) is 0 Å². The monoisotopic (exact) mass is 244 g/mol. The molecule has 0 atom stereocenters. The summed E-state index contributed by atoms with van der Waals surface area (Å²) >= 11 is 0. The number of aryl methyl sites for hydroxylation is 2. The van der Waals surface area contributed by atoms with Gasteiger partial charge in [0.15, 0.2) is 0 Å². The largest absolute Gasteiger partial charge is 0.358 e. The predicted molar refractivity (Wildman–Crippen MR) is 79.1 cm³/mol. The van der Waals surface area contributed by atoms with E-state index in [4.69, 9.17) is 0 Å². The SMILES string of the molecule is Cc1[nH]c2ccccc2c1CCCCNC(C)C. The summed E-state index contributed by atoms with van der Waals surface area (Å²) in [5.74, 6) is 0. The number of hydrogen-bond donors (Lipinski definition) is 2. The Hall–Kier alpha value is -1.28. The fourth-order valence-electron chi connectivity index (χ4n) is 2.47. The Morgan fingerprint density at radius 2 is 1.94 bits per heavy atom. The number of hydrogen-bond acceptors (Lipinski definition) is 1. The summed E-state index contributed by atoms with van der Waals surface area (Å²) in [6.07, 6.45) is 3.68. The lowest BCUT2D eigenvalue weighted by atomic mass is 10.0. The average molecular weight is 244 g/mol. The molecule has 0 unspecified atom stereocenters. The van der Waals surface area contributed by atoms with Crippen LogP contribution in [0.5, 0.6) is 0 Å². The second-order valence-electron chi connectivity index (χ2n) is 5.34. The van der Waals surface area contributed by atoms with Crippen molar-refractivity contribution in [2.75, 3.05) is 6.54 Å². The van der Waals surface area contributed by atoms with Crippen molar-refractivity contribution >= 4 is 10.9 Å². The molecule has 0 aliphatic carbocycles. The van der Waals surface area contributed by atoms with E-state index in [0.29, 0.717) is 6.04 Å². The van der Waals surface area contributed by atoms with Crippen molar-refractivity contribution in [3.63, 3.8) is 0 Å². The van der Waals surface area contributed by atoms with Crippen molar-refractivity contribution in [1.29, 1.82) is 0 Å². The van der Waals surface area contributed by atoms with Gasteiger partial charge in [0.25, 0.3) is 0 Å². The van der Waals surface area contributed by atoms with Crippen LogP contribution < -0.4 is 5.32 Å². The first-order valence-electron chi connectivity index (χ1n) is 6.98. The van der Waals surface area contributed by atoms with E-state index in [1.54, 1.807) is 0 Å². The van der Waals surface area contributed by atoms with Gasteiger partial charge in [0.2, 0.25) is 0 Å². The molecular formula is C16H24N2. The molecule has 0 aliphatic heterocycles. The number of aromatic nitrogens is 1. The minimum absolute atomic E-state index is 0.597. The van der Waals surface area contributed by atoms with E-state index in [1.165, 1.54) is 41.4 Å². The zero-order valence-corrected chi connectivity index (χ0v) is 11.7. The quantitative estimate of drug-likeness (QED) is 0.743. The molecule has 0 amide bonds. The van der Waals surface area contributed by atoms with Gasteiger partial charge in [-0.3, -0.25) is 0 Å². The second kappa shape index (κ2) is 6.05. The van der Waals surface area contributed by atoms with Gasteiger partial charge in [0.05, 0.1) is 0 Å². The molecule has 0 saturated carbocycles. The first-order valence-corrected chi connectivity index (χ1v) is 6.98. The lowest BCUT2D eigenvalue weighted by Crippen LogP contribution is -2.23. The van der Waals surface area contributed by atoms with Crippen LogP contribution in [0.15, 0.2) is 24.3 Å².